The molecule has 1 aromatic heterocycles. The molecular weight excluding hydrogens is 209 g/mol. The molecule has 1 fully saturated rings. The summed E-state index contributed by atoms with van der Waals surface area (Å²) in [5.41, 5.74) is 0.296. The van der Waals surface area contributed by atoms with Crippen LogP contribution in [0.5, 0.6) is 0 Å². The fourth-order valence-corrected chi connectivity index (χ4v) is 1.64. The van der Waals surface area contributed by atoms with Crippen molar-refractivity contribution < 1.29 is 14.8 Å². The zero-order valence-electron chi connectivity index (χ0n) is 9.08. The molecule has 2 rings (SSSR count). The molecule has 16 heavy (non-hydrogen) atoms. The second-order valence-corrected chi connectivity index (χ2v) is 3.81. The third-order valence-corrected chi connectivity index (χ3v) is 2.58. The van der Waals surface area contributed by atoms with Crippen LogP contribution in [0.2, 0.25) is 0 Å². The van der Waals surface area contributed by atoms with E-state index in [9.17, 15) is 0 Å². The van der Waals surface area contributed by atoms with Crippen molar-refractivity contribution in [3.63, 3.8) is 0 Å². The summed E-state index contributed by atoms with van der Waals surface area (Å²) in [6.07, 6.45) is 2.85. The van der Waals surface area contributed by atoms with Gasteiger partial charge in [-0.15, -0.1) is 0 Å². The summed E-state index contributed by atoms with van der Waals surface area (Å²) in [6, 6.07) is 0.235. The molecule has 0 spiro atoms. The number of ether oxygens (including phenoxy) is 1. The summed E-state index contributed by atoms with van der Waals surface area (Å²) in [7, 11) is -1.52. The normalized spacial score (nSPS) is 20.9. The monoisotopic (exact) mass is 223 g/mol. The third kappa shape index (κ3) is 2.32. The largest absolute Gasteiger partial charge is 0.491 e. The number of aromatic nitrogens is 2. The van der Waals surface area contributed by atoms with Gasteiger partial charge in [0.05, 0.1) is 19.3 Å². The van der Waals surface area contributed by atoms with Crippen LogP contribution >= 0.6 is 0 Å². The van der Waals surface area contributed by atoms with Gasteiger partial charge >= 0.3 is 7.12 Å². The lowest BCUT2D eigenvalue weighted by atomic mass is 9.83. The molecule has 1 aliphatic rings. The maximum Gasteiger partial charge on any atom is 0.491 e. The van der Waals surface area contributed by atoms with Gasteiger partial charge in [-0.05, 0) is 6.92 Å². The minimum atomic E-state index is -1.52. The molecule has 1 aromatic rings. The van der Waals surface area contributed by atoms with Crippen molar-refractivity contribution in [2.24, 2.45) is 0 Å². The minimum absolute atomic E-state index is 0.235. The molecule has 1 saturated heterocycles. The molecular formula is C9H14BN3O3. The number of rotatable bonds is 2. The summed E-state index contributed by atoms with van der Waals surface area (Å²) in [4.78, 5) is 10.3. The van der Waals surface area contributed by atoms with E-state index in [-0.39, 0.29) is 6.04 Å². The second kappa shape index (κ2) is 4.77. The Balaban J connectivity index is 2.14. The van der Waals surface area contributed by atoms with Crippen LogP contribution in [0.3, 0.4) is 0 Å². The Hall–Kier alpha value is -1.18. The fraction of sp³-hybridized carbons (Fsp3) is 0.556. The highest BCUT2D eigenvalue weighted by atomic mass is 16.5. The Morgan fingerprint density at radius 3 is 2.69 bits per heavy atom. The molecule has 6 nitrogen and oxygen atoms in total. The molecule has 2 heterocycles. The lowest BCUT2D eigenvalue weighted by Crippen LogP contribution is -2.45. The van der Waals surface area contributed by atoms with E-state index in [1.807, 2.05) is 11.8 Å². The van der Waals surface area contributed by atoms with Crippen molar-refractivity contribution in [2.75, 3.05) is 24.7 Å². The van der Waals surface area contributed by atoms with Gasteiger partial charge in [-0.3, -0.25) is 0 Å². The third-order valence-electron chi connectivity index (χ3n) is 2.58. The van der Waals surface area contributed by atoms with E-state index in [1.165, 1.54) is 12.4 Å². The first-order chi connectivity index (χ1) is 7.68. The Labute approximate surface area is 94.0 Å². The predicted molar refractivity (Wildman–Crippen MR) is 59.5 cm³/mol. The second-order valence-electron chi connectivity index (χ2n) is 3.81. The van der Waals surface area contributed by atoms with Gasteiger partial charge in [0, 0.05) is 24.4 Å². The summed E-state index contributed by atoms with van der Waals surface area (Å²) in [5.74, 6) is 0.597. The smallest absolute Gasteiger partial charge is 0.423 e. The zero-order valence-corrected chi connectivity index (χ0v) is 9.08. The average molecular weight is 223 g/mol. The molecule has 86 valence electrons. The quantitative estimate of drug-likeness (QED) is 0.587. The highest BCUT2D eigenvalue weighted by molar-refractivity contribution is 6.58. The van der Waals surface area contributed by atoms with Crippen molar-refractivity contribution in [3.8, 4) is 0 Å². The Morgan fingerprint density at radius 2 is 2.12 bits per heavy atom. The molecule has 1 aliphatic heterocycles. The van der Waals surface area contributed by atoms with Crippen molar-refractivity contribution in [2.45, 2.75) is 13.0 Å². The topological polar surface area (TPSA) is 78.7 Å². The first-order valence-electron chi connectivity index (χ1n) is 5.21. The van der Waals surface area contributed by atoms with Crippen molar-refractivity contribution >= 4 is 18.5 Å². The number of hydrogen-bond donors (Lipinski definition) is 2. The van der Waals surface area contributed by atoms with Crippen LogP contribution < -0.4 is 10.4 Å². The van der Waals surface area contributed by atoms with Gasteiger partial charge in [0.1, 0.15) is 0 Å². The minimum Gasteiger partial charge on any atom is -0.423 e. The van der Waals surface area contributed by atoms with Gasteiger partial charge in [-0.25, -0.2) is 9.97 Å². The van der Waals surface area contributed by atoms with Crippen LogP contribution in [-0.2, 0) is 4.74 Å². The molecule has 7 heteroatoms. The van der Waals surface area contributed by atoms with Gasteiger partial charge in [0.25, 0.3) is 0 Å². The molecule has 1 atom stereocenters. The number of nitrogens with zero attached hydrogens (tertiary/aromatic N) is 3. The van der Waals surface area contributed by atoms with E-state index in [2.05, 4.69) is 9.97 Å². The van der Waals surface area contributed by atoms with Gasteiger partial charge in [-0.2, -0.15) is 0 Å². The highest BCUT2D eigenvalue weighted by Gasteiger charge is 2.21. The first-order valence-corrected chi connectivity index (χ1v) is 5.21. The van der Waals surface area contributed by atoms with Crippen LogP contribution in [0.25, 0.3) is 0 Å². The SMILES string of the molecule is CC1COCCN1c1ncc(B(O)O)cn1. The van der Waals surface area contributed by atoms with Crippen molar-refractivity contribution in [3.05, 3.63) is 12.4 Å². The molecule has 0 radical (unpaired) electrons. The molecule has 0 bridgehead atoms. The first kappa shape index (κ1) is 11.3. The molecule has 0 amide bonds. The van der Waals surface area contributed by atoms with Crippen LogP contribution in [-0.4, -0.2) is 52.9 Å². The van der Waals surface area contributed by atoms with Crippen LogP contribution in [0, 0.1) is 0 Å². The van der Waals surface area contributed by atoms with Gasteiger partial charge in [0.2, 0.25) is 5.95 Å². The van der Waals surface area contributed by atoms with E-state index in [0.29, 0.717) is 24.6 Å². The molecule has 2 N–H and O–H groups in total. The highest BCUT2D eigenvalue weighted by Crippen LogP contribution is 2.12. The maximum absolute atomic E-state index is 8.92. The predicted octanol–water partition coefficient (Wildman–Crippen LogP) is -1.62. The number of hydrogen-bond acceptors (Lipinski definition) is 6. The Bertz CT molecular complexity index is 346. The molecule has 0 aromatic carbocycles. The van der Waals surface area contributed by atoms with Crippen LogP contribution in [0.1, 0.15) is 6.92 Å². The number of anilines is 1. The zero-order chi connectivity index (χ0) is 11.5. The van der Waals surface area contributed by atoms with E-state index in [0.717, 1.165) is 6.54 Å². The molecule has 0 aliphatic carbocycles. The summed E-state index contributed by atoms with van der Waals surface area (Å²) >= 11 is 0. The van der Waals surface area contributed by atoms with Gasteiger partial charge in [0.15, 0.2) is 0 Å². The summed E-state index contributed by atoms with van der Waals surface area (Å²) in [5, 5.41) is 17.8. The van der Waals surface area contributed by atoms with Crippen molar-refractivity contribution in [1.82, 2.24) is 9.97 Å². The van der Waals surface area contributed by atoms with Crippen LogP contribution in [0.15, 0.2) is 12.4 Å². The standard InChI is InChI=1S/C9H14BN3O3/c1-7-6-16-3-2-13(7)9-11-4-8(5-12-9)10(14)15/h4-5,7,14-15H,2-3,6H2,1H3. The maximum atomic E-state index is 8.92. The van der Waals surface area contributed by atoms with E-state index >= 15 is 0 Å². The molecule has 1 unspecified atom stereocenters. The van der Waals surface area contributed by atoms with Gasteiger partial charge in [-0.1, -0.05) is 0 Å². The van der Waals surface area contributed by atoms with E-state index in [1.54, 1.807) is 0 Å². The van der Waals surface area contributed by atoms with Crippen LogP contribution in [0.4, 0.5) is 5.95 Å². The number of morpholine rings is 1. The Morgan fingerprint density at radius 1 is 1.44 bits per heavy atom. The van der Waals surface area contributed by atoms with Gasteiger partial charge < -0.3 is 19.7 Å². The molecule has 0 saturated carbocycles. The van der Waals surface area contributed by atoms with E-state index in [4.69, 9.17) is 14.8 Å². The summed E-state index contributed by atoms with van der Waals surface area (Å²) in [6.45, 7) is 4.12. The van der Waals surface area contributed by atoms with Crippen molar-refractivity contribution in [1.29, 1.82) is 0 Å². The lowest BCUT2D eigenvalue weighted by molar-refractivity contribution is 0.0981. The fourth-order valence-electron chi connectivity index (χ4n) is 1.64. The summed E-state index contributed by atoms with van der Waals surface area (Å²) < 4.78 is 5.32. The average Bonchev–Trinajstić information content (AvgIpc) is 2.30. The lowest BCUT2D eigenvalue weighted by Gasteiger charge is -2.33. The Kier molecular flexibility index (Phi) is 3.38. The van der Waals surface area contributed by atoms with E-state index < -0.39 is 7.12 Å².